The van der Waals surface area contributed by atoms with Gasteiger partial charge in [-0.15, -0.1) is 0 Å². The lowest BCUT2D eigenvalue weighted by atomic mass is 10.2. The van der Waals surface area contributed by atoms with Crippen LogP contribution in [0, 0.1) is 0 Å². The van der Waals surface area contributed by atoms with Crippen molar-refractivity contribution < 1.29 is 0 Å². The molecule has 5 heteroatoms. The predicted molar refractivity (Wildman–Crippen MR) is 107 cm³/mol. The van der Waals surface area contributed by atoms with E-state index in [0.29, 0.717) is 10.1 Å². The summed E-state index contributed by atoms with van der Waals surface area (Å²) in [5.74, 6) is 0. The Bertz CT molecular complexity index is 346. The third-order valence-electron chi connectivity index (χ3n) is 5.67. The fourth-order valence-corrected chi connectivity index (χ4v) is 13.9. The molecule has 0 spiro atoms. The van der Waals surface area contributed by atoms with Gasteiger partial charge in [-0.3, -0.25) is 0 Å². The van der Waals surface area contributed by atoms with Gasteiger partial charge in [0, 0.05) is 0 Å². The van der Waals surface area contributed by atoms with Crippen LogP contribution in [0.1, 0.15) is 55.4 Å². The lowest BCUT2D eigenvalue weighted by molar-refractivity contribution is 0.703. The molecular weight excluding hydrogens is 304 g/mol. The second-order valence-corrected chi connectivity index (χ2v) is 23.1. The predicted octanol–water partition coefficient (Wildman–Crippen LogP) is 4.90. The van der Waals surface area contributed by atoms with Crippen LogP contribution in [0.25, 0.3) is 0 Å². The molecule has 0 aromatic carbocycles. The highest BCUT2D eigenvalue weighted by Gasteiger charge is 2.42. The molecular formula is C16H40N2Si3. The molecule has 126 valence electrons. The first-order valence-electron chi connectivity index (χ1n) is 8.23. The van der Waals surface area contributed by atoms with E-state index >= 15 is 0 Å². The molecule has 0 heterocycles. The van der Waals surface area contributed by atoms with Gasteiger partial charge in [0.15, 0.2) is 9.12 Å². The van der Waals surface area contributed by atoms with Crippen molar-refractivity contribution in [3.05, 3.63) is 11.3 Å². The zero-order valence-electron chi connectivity index (χ0n) is 16.7. The summed E-state index contributed by atoms with van der Waals surface area (Å²) in [6, 6.07) is 0. The number of hydrogen-bond acceptors (Lipinski definition) is 2. The van der Waals surface area contributed by atoms with Crippen molar-refractivity contribution in [3.63, 3.8) is 0 Å². The maximum Gasteiger partial charge on any atom is 0.199 e. The summed E-state index contributed by atoms with van der Waals surface area (Å²) in [4.78, 5) is 0. The van der Waals surface area contributed by atoms with Crippen molar-refractivity contribution >= 4 is 25.6 Å². The topological polar surface area (TPSA) is 24.1 Å². The molecule has 0 rings (SSSR count). The average Bonchev–Trinajstić information content (AvgIpc) is 2.23. The maximum atomic E-state index is 4.15. The Morgan fingerprint density at radius 1 is 0.810 bits per heavy atom. The minimum atomic E-state index is -1.48. The first-order chi connectivity index (χ1) is 9.05. The van der Waals surface area contributed by atoms with E-state index in [2.05, 4.69) is 96.9 Å². The zero-order chi connectivity index (χ0) is 17.3. The van der Waals surface area contributed by atoms with Gasteiger partial charge in [-0.05, 0) is 23.9 Å². The Morgan fingerprint density at radius 2 is 1.10 bits per heavy atom. The second kappa shape index (κ2) is 6.83. The molecule has 0 amide bonds. The standard InChI is InChI=1S/C16H40N2Si3/c1-13-14(2)19(17-20(9,10)15(3,4)5)18-21(11,12)16(6,7)8/h13,17-19H,1-12H3/b14-13+. The van der Waals surface area contributed by atoms with Crippen molar-refractivity contribution in [3.8, 4) is 0 Å². The van der Waals surface area contributed by atoms with Crippen LogP contribution in [0.3, 0.4) is 0 Å². The zero-order valence-corrected chi connectivity index (χ0v) is 19.8. The third kappa shape index (κ3) is 5.78. The molecule has 0 radical (unpaired) electrons. The third-order valence-corrected chi connectivity index (χ3v) is 22.5. The Kier molecular flexibility index (Phi) is 6.93. The molecule has 0 unspecified atom stereocenters. The first-order valence-corrected chi connectivity index (χ1v) is 16.0. The molecule has 0 aliphatic rings. The molecule has 0 fully saturated rings. The summed E-state index contributed by atoms with van der Waals surface area (Å²) < 4.78 is 8.29. The quantitative estimate of drug-likeness (QED) is 0.693. The molecule has 0 aromatic heterocycles. The molecule has 0 bridgehead atoms. The molecule has 0 saturated heterocycles. The van der Waals surface area contributed by atoms with Gasteiger partial charge in [0.1, 0.15) is 16.5 Å². The van der Waals surface area contributed by atoms with Gasteiger partial charge in [-0.2, -0.15) is 0 Å². The summed E-state index contributed by atoms with van der Waals surface area (Å²) in [6.07, 6.45) is 2.30. The SMILES string of the molecule is C/C=C(\C)[SiH](N[Si](C)(C)C(C)(C)C)N[Si](C)(C)C(C)(C)C. The minimum absolute atomic E-state index is 0.376. The molecule has 21 heavy (non-hydrogen) atoms. The van der Waals surface area contributed by atoms with Crippen molar-refractivity contribution in [1.29, 1.82) is 0 Å². The van der Waals surface area contributed by atoms with Gasteiger partial charge in [-0.1, -0.05) is 79.0 Å². The normalized spacial score (nSPS) is 15.8. The van der Waals surface area contributed by atoms with Crippen LogP contribution >= 0.6 is 0 Å². The van der Waals surface area contributed by atoms with Crippen LogP contribution < -0.4 is 9.30 Å². The minimum Gasteiger partial charge on any atom is -0.346 e. The fourth-order valence-electron chi connectivity index (χ4n) is 1.59. The average molecular weight is 345 g/mol. The lowest BCUT2D eigenvalue weighted by Gasteiger charge is -2.45. The summed E-state index contributed by atoms with van der Waals surface area (Å²) >= 11 is 0. The molecule has 0 aliphatic heterocycles. The Labute approximate surface area is 138 Å². The van der Waals surface area contributed by atoms with Gasteiger partial charge >= 0.3 is 0 Å². The van der Waals surface area contributed by atoms with Crippen LogP contribution in [-0.4, -0.2) is 25.6 Å². The van der Waals surface area contributed by atoms with Crippen molar-refractivity contribution in [2.75, 3.05) is 0 Å². The van der Waals surface area contributed by atoms with Gasteiger partial charge in [-0.25, -0.2) is 0 Å². The Morgan fingerprint density at radius 3 is 1.29 bits per heavy atom. The van der Waals surface area contributed by atoms with Crippen molar-refractivity contribution in [1.82, 2.24) is 9.30 Å². The summed E-state index contributed by atoms with van der Waals surface area (Å²) in [5.41, 5.74) is 0. The van der Waals surface area contributed by atoms with Gasteiger partial charge in [0.25, 0.3) is 0 Å². The number of hydrogen-bond donors (Lipinski definition) is 2. The first kappa shape index (κ1) is 21.3. The Balaban J connectivity index is 5.37. The van der Waals surface area contributed by atoms with Crippen LogP contribution in [0.4, 0.5) is 0 Å². The van der Waals surface area contributed by atoms with E-state index in [0.717, 1.165) is 0 Å². The summed E-state index contributed by atoms with van der Waals surface area (Å²) in [7, 11) is -4.24. The largest absolute Gasteiger partial charge is 0.346 e. The van der Waals surface area contributed by atoms with Crippen molar-refractivity contribution in [2.45, 2.75) is 91.7 Å². The number of rotatable bonds is 5. The van der Waals surface area contributed by atoms with Crippen LogP contribution in [0.2, 0.25) is 36.3 Å². The maximum absolute atomic E-state index is 4.15. The molecule has 0 aliphatic carbocycles. The monoisotopic (exact) mass is 344 g/mol. The van der Waals surface area contributed by atoms with E-state index in [4.69, 9.17) is 0 Å². The molecule has 2 nitrogen and oxygen atoms in total. The van der Waals surface area contributed by atoms with E-state index in [1.807, 2.05) is 0 Å². The number of allylic oxidation sites excluding steroid dienone is 2. The molecule has 0 saturated carbocycles. The highest BCUT2D eigenvalue weighted by Crippen LogP contribution is 2.36. The van der Waals surface area contributed by atoms with E-state index < -0.39 is 25.6 Å². The smallest absolute Gasteiger partial charge is 0.199 e. The van der Waals surface area contributed by atoms with Gasteiger partial charge < -0.3 is 9.30 Å². The fraction of sp³-hybridized carbons (Fsp3) is 0.875. The summed E-state index contributed by atoms with van der Waals surface area (Å²) in [5, 5.41) is 2.30. The highest BCUT2D eigenvalue weighted by molar-refractivity contribution is 6.93. The van der Waals surface area contributed by atoms with E-state index in [9.17, 15) is 0 Å². The second-order valence-electron chi connectivity index (χ2n) is 9.50. The Hall–Kier alpha value is 0.311. The van der Waals surface area contributed by atoms with Gasteiger partial charge in [0.05, 0.1) is 0 Å². The highest BCUT2D eigenvalue weighted by atomic mass is 28.4. The van der Waals surface area contributed by atoms with Crippen molar-refractivity contribution in [2.24, 2.45) is 0 Å². The molecule has 0 atom stereocenters. The number of nitrogens with one attached hydrogen (secondary N) is 2. The lowest BCUT2D eigenvalue weighted by Crippen LogP contribution is -2.69. The van der Waals surface area contributed by atoms with Gasteiger partial charge in [0.2, 0.25) is 0 Å². The van der Waals surface area contributed by atoms with E-state index in [1.165, 1.54) is 0 Å². The van der Waals surface area contributed by atoms with E-state index in [1.54, 1.807) is 5.20 Å². The van der Waals surface area contributed by atoms with Crippen LogP contribution in [0.15, 0.2) is 11.3 Å². The van der Waals surface area contributed by atoms with E-state index in [-0.39, 0.29) is 0 Å². The van der Waals surface area contributed by atoms with Crippen LogP contribution in [0.5, 0.6) is 0 Å². The summed E-state index contributed by atoms with van der Waals surface area (Å²) in [6.45, 7) is 28.7. The molecule has 2 N–H and O–H groups in total. The molecule has 0 aromatic rings. The van der Waals surface area contributed by atoms with Crippen LogP contribution in [-0.2, 0) is 0 Å².